The minimum Gasteiger partial charge on any atom is -0.299 e. The topological polar surface area (TPSA) is 47.8 Å². The lowest BCUT2D eigenvalue weighted by atomic mass is 9.92. The average molecular weight is 436 g/mol. The fourth-order valence-corrected chi connectivity index (χ4v) is 4.62. The van der Waals surface area contributed by atoms with Crippen LogP contribution in [0.4, 0.5) is 0 Å². The van der Waals surface area contributed by atoms with Gasteiger partial charge in [-0.15, -0.1) is 10.2 Å². The molecule has 1 saturated carbocycles. The number of rotatable bonds is 5. The summed E-state index contributed by atoms with van der Waals surface area (Å²) in [5, 5.41) is 9.82. The van der Waals surface area contributed by atoms with E-state index < -0.39 is 0 Å². The van der Waals surface area contributed by atoms with E-state index in [1.54, 1.807) is 0 Å². The molecular weight excluding hydrogens is 410 g/mol. The Bertz CT molecular complexity index is 758. The standard InChI is InChI=1S/C20H26BrN3OS/c1-20(2,3)17(25)13-26-19-23-22-18(14-9-11-15(21)12-10-14)24(19)16-7-5-4-6-8-16/h9-12,16H,4-8,13H2,1-3H3. The van der Waals surface area contributed by atoms with Gasteiger partial charge in [0.2, 0.25) is 0 Å². The maximum absolute atomic E-state index is 12.4. The van der Waals surface area contributed by atoms with Gasteiger partial charge in [0.25, 0.3) is 0 Å². The van der Waals surface area contributed by atoms with Gasteiger partial charge >= 0.3 is 0 Å². The predicted octanol–water partition coefficient (Wildman–Crippen LogP) is 5.92. The van der Waals surface area contributed by atoms with Gasteiger partial charge in [0.15, 0.2) is 11.0 Å². The molecule has 0 N–H and O–H groups in total. The number of carbonyl (C=O) groups is 1. The number of carbonyl (C=O) groups excluding carboxylic acids is 1. The number of hydrogen-bond acceptors (Lipinski definition) is 4. The third kappa shape index (κ3) is 4.58. The number of ketones is 1. The second-order valence-electron chi connectivity index (χ2n) is 7.94. The molecule has 6 heteroatoms. The highest BCUT2D eigenvalue weighted by atomic mass is 79.9. The first kappa shape index (κ1) is 19.6. The van der Waals surface area contributed by atoms with Crippen LogP contribution in [0.1, 0.15) is 58.9 Å². The molecule has 2 aromatic rings. The molecule has 0 atom stereocenters. The third-order valence-electron chi connectivity index (χ3n) is 4.88. The molecule has 0 unspecified atom stereocenters. The summed E-state index contributed by atoms with van der Waals surface area (Å²) in [6.45, 7) is 5.90. The molecule has 1 heterocycles. The van der Waals surface area contributed by atoms with Crippen molar-refractivity contribution in [2.75, 3.05) is 5.75 Å². The highest BCUT2D eigenvalue weighted by molar-refractivity contribution is 9.10. The van der Waals surface area contributed by atoms with E-state index >= 15 is 0 Å². The van der Waals surface area contributed by atoms with E-state index in [2.05, 4.69) is 42.8 Å². The van der Waals surface area contributed by atoms with Crippen LogP contribution >= 0.6 is 27.7 Å². The molecule has 1 aromatic carbocycles. The van der Waals surface area contributed by atoms with Crippen molar-refractivity contribution < 1.29 is 4.79 Å². The van der Waals surface area contributed by atoms with E-state index in [0.29, 0.717) is 11.8 Å². The molecule has 1 aliphatic carbocycles. The summed E-state index contributed by atoms with van der Waals surface area (Å²) < 4.78 is 3.33. The molecule has 1 aromatic heterocycles. The first-order valence-electron chi connectivity index (χ1n) is 9.23. The summed E-state index contributed by atoms with van der Waals surface area (Å²) in [6, 6.07) is 8.63. The van der Waals surface area contributed by atoms with Crippen LogP contribution < -0.4 is 0 Å². The highest BCUT2D eigenvalue weighted by Crippen LogP contribution is 2.36. The summed E-state index contributed by atoms with van der Waals surface area (Å²) in [5.41, 5.74) is 0.748. The molecule has 0 aliphatic heterocycles. The highest BCUT2D eigenvalue weighted by Gasteiger charge is 2.26. The van der Waals surface area contributed by atoms with Crippen molar-refractivity contribution in [2.45, 2.75) is 64.1 Å². The van der Waals surface area contributed by atoms with Crippen LogP contribution in [-0.2, 0) is 4.79 Å². The van der Waals surface area contributed by atoms with Gasteiger partial charge in [0.1, 0.15) is 5.78 Å². The minimum absolute atomic E-state index is 0.242. The Balaban J connectivity index is 1.91. The number of benzene rings is 1. The Morgan fingerprint density at radius 1 is 1.15 bits per heavy atom. The predicted molar refractivity (Wildman–Crippen MR) is 110 cm³/mol. The zero-order valence-electron chi connectivity index (χ0n) is 15.7. The summed E-state index contributed by atoms with van der Waals surface area (Å²) in [7, 11) is 0. The molecule has 0 bridgehead atoms. The van der Waals surface area contributed by atoms with Crippen molar-refractivity contribution in [3.63, 3.8) is 0 Å². The molecule has 26 heavy (non-hydrogen) atoms. The smallest absolute Gasteiger partial charge is 0.192 e. The first-order valence-corrected chi connectivity index (χ1v) is 11.0. The van der Waals surface area contributed by atoms with E-state index in [9.17, 15) is 4.79 Å². The van der Waals surface area contributed by atoms with Gasteiger partial charge < -0.3 is 0 Å². The molecular formula is C20H26BrN3OS. The fourth-order valence-electron chi connectivity index (χ4n) is 3.19. The Hall–Kier alpha value is -1.14. The number of hydrogen-bond donors (Lipinski definition) is 0. The zero-order chi connectivity index (χ0) is 18.7. The molecule has 4 nitrogen and oxygen atoms in total. The number of aromatic nitrogens is 3. The van der Waals surface area contributed by atoms with E-state index in [1.165, 1.54) is 31.0 Å². The SMILES string of the molecule is CC(C)(C)C(=O)CSc1nnc(-c2ccc(Br)cc2)n1C1CCCCC1. The Labute approximate surface area is 168 Å². The van der Waals surface area contributed by atoms with Crippen LogP contribution in [-0.4, -0.2) is 26.3 Å². The van der Waals surface area contributed by atoms with Crippen molar-refractivity contribution >= 4 is 33.5 Å². The van der Waals surface area contributed by atoms with Crippen LogP contribution in [0, 0.1) is 5.41 Å². The Kier molecular flexibility index (Phi) is 6.23. The van der Waals surface area contributed by atoms with Gasteiger partial charge in [0.05, 0.1) is 5.75 Å². The van der Waals surface area contributed by atoms with Gasteiger partial charge in [-0.3, -0.25) is 9.36 Å². The van der Waals surface area contributed by atoms with Gasteiger partial charge in [-0.05, 0) is 25.0 Å². The maximum atomic E-state index is 12.4. The number of halogens is 1. The third-order valence-corrected chi connectivity index (χ3v) is 6.35. The van der Waals surface area contributed by atoms with Crippen LogP contribution in [0.25, 0.3) is 11.4 Å². The largest absolute Gasteiger partial charge is 0.299 e. The van der Waals surface area contributed by atoms with E-state index in [1.807, 2.05) is 32.9 Å². The Morgan fingerprint density at radius 3 is 2.42 bits per heavy atom. The fraction of sp³-hybridized carbons (Fsp3) is 0.550. The molecule has 0 spiro atoms. The van der Waals surface area contributed by atoms with Crippen LogP contribution in [0.15, 0.2) is 33.9 Å². The molecule has 140 valence electrons. The number of nitrogens with zero attached hydrogens (tertiary/aromatic N) is 3. The second-order valence-corrected chi connectivity index (χ2v) is 9.79. The Morgan fingerprint density at radius 2 is 1.81 bits per heavy atom. The molecule has 1 aliphatic rings. The summed E-state index contributed by atoms with van der Waals surface area (Å²) >= 11 is 5.02. The molecule has 0 amide bonds. The van der Waals surface area contributed by atoms with Crippen molar-refractivity contribution in [1.29, 1.82) is 0 Å². The molecule has 3 rings (SSSR count). The molecule has 0 saturated heterocycles. The summed E-state index contributed by atoms with van der Waals surface area (Å²) in [4.78, 5) is 12.4. The van der Waals surface area contributed by atoms with Gasteiger partial charge in [-0.1, -0.05) is 79.9 Å². The number of Topliss-reactive ketones (excluding diaryl/α,β-unsaturated/α-hetero) is 1. The van der Waals surface area contributed by atoms with Crippen molar-refractivity contribution in [1.82, 2.24) is 14.8 Å². The first-order chi connectivity index (χ1) is 12.4. The van der Waals surface area contributed by atoms with E-state index in [-0.39, 0.29) is 11.2 Å². The average Bonchev–Trinajstić information content (AvgIpc) is 3.04. The van der Waals surface area contributed by atoms with Crippen LogP contribution in [0.3, 0.4) is 0 Å². The van der Waals surface area contributed by atoms with Gasteiger partial charge in [-0.25, -0.2) is 0 Å². The quantitative estimate of drug-likeness (QED) is 0.546. The second kappa shape index (κ2) is 8.26. The van der Waals surface area contributed by atoms with Crippen LogP contribution in [0.2, 0.25) is 0 Å². The maximum Gasteiger partial charge on any atom is 0.192 e. The lowest BCUT2D eigenvalue weighted by Gasteiger charge is -2.26. The number of thioether (sulfide) groups is 1. The van der Waals surface area contributed by atoms with E-state index in [4.69, 9.17) is 0 Å². The van der Waals surface area contributed by atoms with E-state index in [0.717, 1.165) is 33.9 Å². The lowest BCUT2D eigenvalue weighted by molar-refractivity contribution is -0.123. The lowest BCUT2D eigenvalue weighted by Crippen LogP contribution is -2.22. The normalized spacial score (nSPS) is 16.0. The van der Waals surface area contributed by atoms with Gasteiger partial charge in [-0.2, -0.15) is 0 Å². The zero-order valence-corrected chi connectivity index (χ0v) is 18.1. The summed E-state index contributed by atoms with van der Waals surface area (Å²) in [6.07, 6.45) is 6.10. The molecule has 1 fully saturated rings. The van der Waals surface area contributed by atoms with Crippen molar-refractivity contribution in [3.8, 4) is 11.4 Å². The minimum atomic E-state index is -0.322. The molecule has 0 radical (unpaired) electrons. The van der Waals surface area contributed by atoms with Crippen LogP contribution in [0.5, 0.6) is 0 Å². The monoisotopic (exact) mass is 435 g/mol. The van der Waals surface area contributed by atoms with Gasteiger partial charge in [0, 0.05) is 21.5 Å². The van der Waals surface area contributed by atoms with Crippen molar-refractivity contribution in [2.24, 2.45) is 5.41 Å². The van der Waals surface area contributed by atoms with Crippen molar-refractivity contribution in [3.05, 3.63) is 28.7 Å². The summed E-state index contributed by atoms with van der Waals surface area (Å²) in [5.74, 6) is 1.59.